The first-order valence-electron chi connectivity index (χ1n) is 11.6. The number of alkyl halides is 4. The normalized spacial score (nSPS) is 21.8. The SMILES string of the molecule is CC1(F)CCC(C)(CNCC(=O)NC(C)(C)C)CC1.CO.COC.Cc1cccc(C(F)(F)F)c1.[HH].[HH]. The van der Waals surface area contributed by atoms with E-state index in [9.17, 15) is 22.4 Å². The summed E-state index contributed by atoms with van der Waals surface area (Å²) in [6, 6.07) is 5.22. The molecule has 1 fully saturated rings. The van der Waals surface area contributed by atoms with E-state index in [0.717, 1.165) is 38.6 Å². The summed E-state index contributed by atoms with van der Waals surface area (Å²) in [6.45, 7) is 12.5. The Morgan fingerprint density at radius 2 is 1.57 bits per heavy atom. The van der Waals surface area contributed by atoms with Gasteiger partial charge in [0.15, 0.2) is 0 Å². The zero-order valence-electron chi connectivity index (χ0n) is 22.8. The first kappa shape index (κ1) is 35.5. The molecule has 0 atom stereocenters. The van der Waals surface area contributed by atoms with Crippen LogP contribution in [0.25, 0.3) is 0 Å². The first-order chi connectivity index (χ1) is 15.9. The average molecular weight is 515 g/mol. The van der Waals surface area contributed by atoms with Crippen LogP contribution in [0.15, 0.2) is 24.3 Å². The van der Waals surface area contributed by atoms with Gasteiger partial charge in [0.05, 0.1) is 12.1 Å². The van der Waals surface area contributed by atoms with Gasteiger partial charge in [0.25, 0.3) is 0 Å². The third-order valence-corrected chi connectivity index (χ3v) is 5.20. The number of benzene rings is 1. The molecule has 35 heavy (non-hydrogen) atoms. The molecular formula is C26H50F4N2O3. The Morgan fingerprint density at radius 3 is 1.94 bits per heavy atom. The minimum atomic E-state index is -4.22. The van der Waals surface area contributed by atoms with Gasteiger partial charge in [-0.1, -0.05) is 30.7 Å². The molecule has 0 heterocycles. The standard InChI is InChI=1S/C15H29FN2O.C8H7F3.C2H6O.CH4O.2H2/c1-13(2,3)18-12(19)10-17-11-14(4)6-8-15(5,16)9-7-14;1-6-3-2-4-7(5-6)8(9,10)11;1-3-2;1-2;;/h17H,6-11H2,1-5H3,(H,18,19);2-5H,1H3;1-2H3;2H,1H3;2*1H. The van der Waals surface area contributed by atoms with Crippen molar-refractivity contribution in [1.82, 2.24) is 10.6 Å². The second kappa shape index (κ2) is 16.1. The molecule has 0 aliphatic heterocycles. The summed E-state index contributed by atoms with van der Waals surface area (Å²) in [7, 11) is 4.25. The summed E-state index contributed by atoms with van der Waals surface area (Å²) in [5, 5.41) is 13.1. The van der Waals surface area contributed by atoms with Gasteiger partial charge in [-0.15, -0.1) is 0 Å². The maximum absolute atomic E-state index is 13.8. The fourth-order valence-electron chi connectivity index (χ4n) is 3.31. The van der Waals surface area contributed by atoms with Gasteiger partial charge in [0.1, 0.15) is 5.67 Å². The molecule has 9 heteroatoms. The van der Waals surface area contributed by atoms with Crippen molar-refractivity contribution in [3.8, 4) is 0 Å². The van der Waals surface area contributed by atoms with Crippen molar-refractivity contribution in [3.05, 3.63) is 35.4 Å². The largest absolute Gasteiger partial charge is 0.416 e. The van der Waals surface area contributed by atoms with Gasteiger partial charge in [-0.3, -0.25) is 4.79 Å². The van der Waals surface area contributed by atoms with Crippen LogP contribution in [-0.2, 0) is 15.7 Å². The van der Waals surface area contributed by atoms with Gasteiger partial charge in [-0.2, -0.15) is 13.2 Å². The molecule has 210 valence electrons. The number of hydrogen-bond acceptors (Lipinski definition) is 4. The van der Waals surface area contributed by atoms with Crippen molar-refractivity contribution < 1.29 is 35.1 Å². The van der Waals surface area contributed by atoms with Crippen molar-refractivity contribution >= 4 is 5.91 Å². The van der Waals surface area contributed by atoms with Gasteiger partial charge in [0, 0.05) is 36.3 Å². The summed E-state index contributed by atoms with van der Waals surface area (Å²) >= 11 is 0. The Bertz CT molecular complexity index is 719. The van der Waals surface area contributed by atoms with Gasteiger partial charge < -0.3 is 20.5 Å². The predicted molar refractivity (Wildman–Crippen MR) is 138 cm³/mol. The lowest BCUT2D eigenvalue weighted by molar-refractivity contribution is -0.137. The number of carbonyl (C=O) groups excluding carboxylic acids is 1. The molecule has 1 saturated carbocycles. The average Bonchev–Trinajstić information content (AvgIpc) is 2.71. The second-order valence-corrected chi connectivity index (χ2v) is 10.4. The van der Waals surface area contributed by atoms with Crippen molar-refractivity contribution in [3.63, 3.8) is 0 Å². The third kappa shape index (κ3) is 18.3. The summed E-state index contributed by atoms with van der Waals surface area (Å²) < 4.78 is 53.9. The molecule has 1 aromatic carbocycles. The molecule has 0 unspecified atom stereocenters. The number of halogens is 4. The molecule has 0 saturated heterocycles. The molecule has 0 aromatic heterocycles. The summed E-state index contributed by atoms with van der Waals surface area (Å²) in [6.07, 6.45) is -1.20. The van der Waals surface area contributed by atoms with E-state index >= 15 is 0 Å². The number of rotatable bonds is 4. The Labute approximate surface area is 212 Å². The highest BCUT2D eigenvalue weighted by molar-refractivity contribution is 5.78. The van der Waals surface area contributed by atoms with Crippen molar-refractivity contribution in [2.75, 3.05) is 34.4 Å². The van der Waals surface area contributed by atoms with Crippen LogP contribution in [-0.4, -0.2) is 56.6 Å². The van der Waals surface area contributed by atoms with E-state index in [1.165, 1.54) is 6.07 Å². The van der Waals surface area contributed by atoms with Crippen LogP contribution in [0.5, 0.6) is 0 Å². The van der Waals surface area contributed by atoms with E-state index in [0.29, 0.717) is 24.9 Å². The minimum absolute atomic E-state index is 0. The highest BCUT2D eigenvalue weighted by Crippen LogP contribution is 2.41. The van der Waals surface area contributed by atoms with Crippen LogP contribution in [0.1, 0.15) is 74.3 Å². The Balaban J connectivity index is -0.000000258. The monoisotopic (exact) mass is 514 g/mol. The lowest BCUT2D eigenvalue weighted by atomic mass is 9.71. The molecule has 5 nitrogen and oxygen atoms in total. The smallest absolute Gasteiger partial charge is 0.400 e. The van der Waals surface area contributed by atoms with Crippen molar-refractivity contribution in [1.29, 1.82) is 0 Å². The van der Waals surface area contributed by atoms with E-state index in [4.69, 9.17) is 5.11 Å². The minimum Gasteiger partial charge on any atom is -0.400 e. The van der Waals surface area contributed by atoms with Crippen LogP contribution >= 0.6 is 0 Å². The number of nitrogens with one attached hydrogen (secondary N) is 2. The van der Waals surface area contributed by atoms with E-state index < -0.39 is 17.4 Å². The lowest BCUT2D eigenvalue weighted by Crippen LogP contribution is -2.47. The van der Waals surface area contributed by atoms with Crippen LogP contribution < -0.4 is 10.6 Å². The molecule has 0 radical (unpaired) electrons. The molecule has 1 amide bonds. The molecule has 1 aliphatic rings. The molecule has 0 spiro atoms. The van der Waals surface area contributed by atoms with Crippen LogP contribution in [0.4, 0.5) is 17.6 Å². The molecule has 0 bridgehead atoms. The fourth-order valence-corrected chi connectivity index (χ4v) is 3.31. The lowest BCUT2D eigenvalue weighted by Gasteiger charge is -2.39. The Kier molecular flexibility index (Phi) is 16.3. The third-order valence-electron chi connectivity index (χ3n) is 5.20. The van der Waals surface area contributed by atoms with E-state index in [-0.39, 0.29) is 19.7 Å². The van der Waals surface area contributed by atoms with E-state index in [1.54, 1.807) is 34.1 Å². The van der Waals surface area contributed by atoms with E-state index in [1.807, 2.05) is 20.8 Å². The molecule has 1 aliphatic carbocycles. The zero-order chi connectivity index (χ0) is 27.9. The molecule has 3 N–H and O–H groups in total. The number of aliphatic hydroxyl groups excluding tert-OH is 1. The first-order valence-corrected chi connectivity index (χ1v) is 11.6. The quantitative estimate of drug-likeness (QED) is 0.420. The number of aliphatic hydroxyl groups is 1. The summed E-state index contributed by atoms with van der Waals surface area (Å²) in [5.74, 6) is 0.0160. The van der Waals surface area contributed by atoms with Gasteiger partial charge in [-0.25, -0.2) is 4.39 Å². The number of methoxy groups -OCH3 is 1. The zero-order valence-corrected chi connectivity index (χ0v) is 22.8. The Morgan fingerprint density at radius 1 is 1.09 bits per heavy atom. The molecule has 2 rings (SSSR count). The number of hydrogen-bond donors (Lipinski definition) is 3. The van der Waals surface area contributed by atoms with Gasteiger partial charge in [0.2, 0.25) is 5.91 Å². The summed E-state index contributed by atoms with van der Waals surface area (Å²) in [5.41, 5.74) is -1.03. The van der Waals surface area contributed by atoms with Gasteiger partial charge in [-0.05, 0) is 71.8 Å². The predicted octanol–water partition coefficient (Wildman–Crippen LogP) is 6.18. The maximum atomic E-state index is 13.8. The second-order valence-electron chi connectivity index (χ2n) is 10.4. The van der Waals surface area contributed by atoms with Crippen LogP contribution in [0.2, 0.25) is 0 Å². The van der Waals surface area contributed by atoms with E-state index in [2.05, 4.69) is 22.3 Å². The Hall–Kier alpha value is -1.71. The number of amides is 1. The topological polar surface area (TPSA) is 70.6 Å². The van der Waals surface area contributed by atoms with Crippen molar-refractivity contribution in [2.24, 2.45) is 5.41 Å². The van der Waals surface area contributed by atoms with Crippen molar-refractivity contribution in [2.45, 2.75) is 84.6 Å². The number of carbonyl (C=O) groups is 1. The fraction of sp³-hybridized carbons (Fsp3) is 0.731. The maximum Gasteiger partial charge on any atom is 0.416 e. The highest BCUT2D eigenvalue weighted by atomic mass is 19.4. The van der Waals surface area contributed by atoms with Crippen LogP contribution in [0, 0.1) is 12.3 Å². The molecule has 1 aromatic rings. The van der Waals surface area contributed by atoms with Crippen LogP contribution in [0.3, 0.4) is 0 Å². The molecular weight excluding hydrogens is 464 g/mol. The highest BCUT2D eigenvalue weighted by Gasteiger charge is 2.37. The van der Waals surface area contributed by atoms with Gasteiger partial charge >= 0.3 is 6.18 Å². The summed E-state index contributed by atoms with van der Waals surface area (Å²) in [4.78, 5) is 11.7. The number of aryl methyl sites for hydroxylation is 1. The number of ether oxygens (including phenoxy) is 1.